The van der Waals surface area contributed by atoms with Crippen LogP contribution in [-0.4, -0.2) is 16.1 Å². The number of nitrogens with zero attached hydrogens (tertiary/aromatic N) is 1. The summed E-state index contributed by atoms with van der Waals surface area (Å²) in [4.78, 5) is 14.4. The Balaban J connectivity index is 2.18. The largest absolute Gasteiger partial charge is 0.481 e. The van der Waals surface area contributed by atoms with Crippen molar-refractivity contribution < 1.29 is 18.7 Å². The molecule has 4 nitrogen and oxygen atoms in total. The van der Waals surface area contributed by atoms with E-state index in [9.17, 15) is 9.18 Å². The first-order valence-electron chi connectivity index (χ1n) is 5.18. The van der Waals surface area contributed by atoms with E-state index in [4.69, 9.17) is 21.1 Å². The van der Waals surface area contributed by atoms with Crippen LogP contribution in [0.15, 0.2) is 28.8 Å². The zero-order valence-electron chi connectivity index (χ0n) is 9.19. The molecular weight excluding hydrogens is 261 g/mol. The number of carboxylic acid groups (broad SMARTS) is 1. The number of aromatic nitrogens is 1. The van der Waals surface area contributed by atoms with Crippen LogP contribution in [0.4, 0.5) is 4.39 Å². The minimum atomic E-state index is -0.917. The van der Waals surface area contributed by atoms with E-state index in [1.165, 1.54) is 24.4 Å². The lowest BCUT2D eigenvalue weighted by atomic mass is 10.2. The molecule has 0 aliphatic rings. The highest BCUT2D eigenvalue weighted by atomic mass is 35.5. The predicted molar refractivity (Wildman–Crippen MR) is 62.9 cm³/mol. The SMILES string of the molecule is O=C(O)CCc1ncc(-c2ccc(F)c(Cl)c2)o1. The number of carbonyl (C=O) groups is 1. The van der Waals surface area contributed by atoms with E-state index in [-0.39, 0.29) is 17.9 Å². The molecule has 0 saturated heterocycles. The van der Waals surface area contributed by atoms with Gasteiger partial charge in [-0.1, -0.05) is 11.6 Å². The molecule has 0 unspecified atom stereocenters. The molecule has 1 aromatic carbocycles. The number of hydrogen-bond acceptors (Lipinski definition) is 3. The summed E-state index contributed by atoms with van der Waals surface area (Å²) in [5.41, 5.74) is 0.593. The highest BCUT2D eigenvalue weighted by Gasteiger charge is 2.09. The summed E-state index contributed by atoms with van der Waals surface area (Å²) in [5.74, 6) is -0.671. The molecule has 0 fully saturated rings. The standard InChI is InChI=1S/C12H9ClFNO3/c13-8-5-7(1-2-9(8)14)10-6-15-11(18-10)3-4-12(16)17/h1-2,5-6H,3-4H2,(H,16,17). The normalized spacial score (nSPS) is 10.6. The fourth-order valence-corrected chi connectivity index (χ4v) is 1.60. The fourth-order valence-electron chi connectivity index (χ4n) is 1.42. The molecule has 6 heteroatoms. The Hall–Kier alpha value is -1.88. The molecule has 94 valence electrons. The summed E-state index contributed by atoms with van der Waals surface area (Å²) < 4.78 is 18.3. The quantitative estimate of drug-likeness (QED) is 0.926. The molecule has 1 aromatic heterocycles. The third-order valence-electron chi connectivity index (χ3n) is 2.31. The van der Waals surface area contributed by atoms with Crippen LogP contribution in [0.5, 0.6) is 0 Å². The highest BCUT2D eigenvalue weighted by molar-refractivity contribution is 6.31. The van der Waals surface area contributed by atoms with Gasteiger partial charge in [0.15, 0.2) is 11.7 Å². The van der Waals surface area contributed by atoms with Crippen molar-refractivity contribution in [2.75, 3.05) is 0 Å². The Labute approximate surface area is 107 Å². The number of aliphatic carboxylic acids is 1. The average molecular weight is 270 g/mol. The van der Waals surface area contributed by atoms with E-state index in [0.717, 1.165) is 0 Å². The molecule has 18 heavy (non-hydrogen) atoms. The predicted octanol–water partition coefficient (Wildman–Crippen LogP) is 3.15. The van der Waals surface area contributed by atoms with Crippen LogP contribution in [0, 0.1) is 5.82 Å². The van der Waals surface area contributed by atoms with Crippen molar-refractivity contribution in [3.05, 3.63) is 41.1 Å². The number of oxazole rings is 1. The van der Waals surface area contributed by atoms with Crippen LogP contribution in [0.1, 0.15) is 12.3 Å². The van der Waals surface area contributed by atoms with E-state index >= 15 is 0 Å². The number of benzene rings is 1. The molecule has 0 spiro atoms. The van der Waals surface area contributed by atoms with Gasteiger partial charge < -0.3 is 9.52 Å². The summed E-state index contributed by atoms with van der Waals surface area (Å²) in [5, 5.41) is 8.53. The minimum Gasteiger partial charge on any atom is -0.481 e. The summed E-state index contributed by atoms with van der Waals surface area (Å²) in [7, 11) is 0. The van der Waals surface area contributed by atoms with Gasteiger partial charge in [0, 0.05) is 12.0 Å². The van der Waals surface area contributed by atoms with Crippen molar-refractivity contribution in [2.24, 2.45) is 0 Å². The Bertz CT molecular complexity index is 582. The van der Waals surface area contributed by atoms with Crippen molar-refractivity contribution in [1.29, 1.82) is 0 Å². The molecule has 1 heterocycles. The lowest BCUT2D eigenvalue weighted by Gasteiger charge is -1.98. The minimum absolute atomic E-state index is 0.00372. The van der Waals surface area contributed by atoms with E-state index < -0.39 is 11.8 Å². The first-order valence-corrected chi connectivity index (χ1v) is 5.56. The number of carboxylic acids is 1. The van der Waals surface area contributed by atoms with Crippen molar-refractivity contribution in [3.63, 3.8) is 0 Å². The lowest BCUT2D eigenvalue weighted by molar-refractivity contribution is -0.137. The van der Waals surface area contributed by atoms with Crippen LogP contribution < -0.4 is 0 Å². The maximum atomic E-state index is 13.0. The van der Waals surface area contributed by atoms with Crippen LogP contribution in [0.25, 0.3) is 11.3 Å². The maximum absolute atomic E-state index is 13.0. The molecule has 0 atom stereocenters. The Kier molecular flexibility index (Phi) is 3.62. The van der Waals surface area contributed by atoms with Gasteiger partial charge in [0.2, 0.25) is 0 Å². The number of halogens is 2. The summed E-state index contributed by atoms with van der Waals surface area (Å²) in [6.45, 7) is 0. The average Bonchev–Trinajstić information content (AvgIpc) is 2.79. The molecule has 2 rings (SSSR count). The van der Waals surface area contributed by atoms with Crippen LogP contribution in [0.2, 0.25) is 5.02 Å². The van der Waals surface area contributed by atoms with Crippen LogP contribution >= 0.6 is 11.6 Å². The van der Waals surface area contributed by atoms with Gasteiger partial charge in [0.05, 0.1) is 17.6 Å². The van der Waals surface area contributed by atoms with E-state index in [1.54, 1.807) is 0 Å². The van der Waals surface area contributed by atoms with Gasteiger partial charge in [-0.25, -0.2) is 9.37 Å². The zero-order chi connectivity index (χ0) is 13.1. The topological polar surface area (TPSA) is 63.3 Å². The van der Waals surface area contributed by atoms with Gasteiger partial charge in [-0.2, -0.15) is 0 Å². The van der Waals surface area contributed by atoms with Gasteiger partial charge >= 0.3 is 5.97 Å². The third kappa shape index (κ3) is 2.87. The second-order valence-electron chi connectivity index (χ2n) is 3.64. The maximum Gasteiger partial charge on any atom is 0.303 e. The van der Waals surface area contributed by atoms with Crippen molar-refractivity contribution >= 4 is 17.6 Å². The smallest absolute Gasteiger partial charge is 0.303 e. The van der Waals surface area contributed by atoms with E-state index in [2.05, 4.69) is 4.98 Å². The van der Waals surface area contributed by atoms with Gasteiger partial charge in [0.25, 0.3) is 0 Å². The number of rotatable bonds is 4. The van der Waals surface area contributed by atoms with Crippen molar-refractivity contribution in [2.45, 2.75) is 12.8 Å². The van der Waals surface area contributed by atoms with Crippen LogP contribution in [0.3, 0.4) is 0 Å². The molecule has 1 N–H and O–H groups in total. The Morgan fingerprint density at radius 2 is 2.28 bits per heavy atom. The first-order chi connectivity index (χ1) is 8.56. The molecule has 0 saturated carbocycles. The molecular formula is C12H9ClFNO3. The Morgan fingerprint density at radius 1 is 1.50 bits per heavy atom. The molecule has 0 bridgehead atoms. The lowest BCUT2D eigenvalue weighted by Crippen LogP contribution is -1.97. The second kappa shape index (κ2) is 5.18. The van der Waals surface area contributed by atoms with Crippen molar-refractivity contribution in [3.8, 4) is 11.3 Å². The van der Waals surface area contributed by atoms with Crippen molar-refractivity contribution in [1.82, 2.24) is 4.98 Å². The first kappa shape index (κ1) is 12.6. The van der Waals surface area contributed by atoms with E-state index in [0.29, 0.717) is 17.2 Å². The monoisotopic (exact) mass is 269 g/mol. The molecule has 0 amide bonds. The van der Waals surface area contributed by atoms with Gasteiger partial charge in [0.1, 0.15) is 5.82 Å². The summed E-state index contributed by atoms with van der Waals surface area (Å²) >= 11 is 5.66. The molecule has 0 radical (unpaired) electrons. The van der Waals surface area contributed by atoms with E-state index in [1.807, 2.05) is 0 Å². The third-order valence-corrected chi connectivity index (χ3v) is 2.60. The Morgan fingerprint density at radius 3 is 2.94 bits per heavy atom. The fraction of sp³-hybridized carbons (Fsp3) is 0.167. The molecule has 2 aromatic rings. The number of hydrogen-bond donors (Lipinski definition) is 1. The van der Waals surface area contributed by atoms with Gasteiger partial charge in [-0.15, -0.1) is 0 Å². The summed E-state index contributed by atoms with van der Waals surface area (Å²) in [6, 6.07) is 4.18. The summed E-state index contributed by atoms with van der Waals surface area (Å²) in [6.07, 6.45) is 1.62. The van der Waals surface area contributed by atoms with Gasteiger partial charge in [-0.05, 0) is 18.2 Å². The van der Waals surface area contributed by atoms with Gasteiger partial charge in [-0.3, -0.25) is 4.79 Å². The number of aryl methyl sites for hydroxylation is 1. The van der Waals surface area contributed by atoms with Crippen LogP contribution in [-0.2, 0) is 11.2 Å². The zero-order valence-corrected chi connectivity index (χ0v) is 9.95. The molecule has 0 aliphatic heterocycles. The highest BCUT2D eigenvalue weighted by Crippen LogP contribution is 2.25. The second-order valence-corrected chi connectivity index (χ2v) is 4.05. The molecule has 0 aliphatic carbocycles.